The summed E-state index contributed by atoms with van der Waals surface area (Å²) in [5.41, 5.74) is 0.344. The van der Waals surface area contributed by atoms with Gasteiger partial charge in [0, 0.05) is 0 Å². The molecular formula is C22H24F2O5. The van der Waals surface area contributed by atoms with E-state index in [0.29, 0.717) is 5.75 Å². The van der Waals surface area contributed by atoms with Crippen LogP contribution in [0.25, 0.3) is 0 Å². The molecule has 0 radical (unpaired) electrons. The molecule has 7 heteroatoms. The zero-order valence-corrected chi connectivity index (χ0v) is 16.7. The Morgan fingerprint density at radius 3 is 2.00 bits per heavy atom. The summed E-state index contributed by atoms with van der Waals surface area (Å²) < 4.78 is 38.5. The molecule has 1 unspecified atom stereocenters. The van der Waals surface area contributed by atoms with Gasteiger partial charge in [-0.1, -0.05) is 44.2 Å². The smallest absolute Gasteiger partial charge is 0.378 e. The number of carbonyl (C=O) groups excluding carboxylic acids is 1. The highest BCUT2D eigenvalue weighted by Crippen LogP contribution is 2.30. The number of hydrogen-bond donors (Lipinski definition) is 1. The first-order chi connectivity index (χ1) is 13.4. The van der Waals surface area contributed by atoms with Gasteiger partial charge in [0.25, 0.3) is 0 Å². The van der Waals surface area contributed by atoms with Crippen molar-refractivity contribution in [2.75, 3.05) is 0 Å². The second-order valence-corrected chi connectivity index (χ2v) is 7.50. The molecule has 0 amide bonds. The van der Waals surface area contributed by atoms with E-state index in [4.69, 9.17) is 14.6 Å². The van der Waals surface area contributed by atoms with Crippen LogP contribution < -0.4 is 4.74 Å². The molecule has 0 bridgehead atoms. The number of esters is 1. The Hall–Kier alpha value is -2.96. The van der Waals surface area contributed by atoms with Crippen molar-refractivity contribution in [1.29, 1.82) is 0 Å². The molecule has 0 saturated carbocycles. The Morgan fingerprint density at radius 2 is 1.52 bits per heavy atom. The molecule has 0 fully saturated rings. The minimum atomic E-state index is -4.19. The molecule has 0 aliphatic carbocycles. The molecule has 0 aliphatic heterocycles. The van der Waals surface area contributed by atoms with Gasteiger partial charge in [0.15, 0.2) is 6.10 Å². The molecule has 0 heterocycles. The molecule has 0 saturated heterocycles. The Balaban J connectivity index is 2.13. The number of aliphatic carboxylic acids is 1. The van der Waals surface area contributed by atoms with Gasteiger partial charge in [0.2, 0.25) is 0 Å². The van der Waals surface area contributed by atoms with Crippen LogP contribution in [0.1, 0.15) is 43.6 Å². The summed E-state index contributed by atoms with van der Waals surface area (Å²) in [7, 11) is 0. The largest absolute Gasteiger partial charge is 0.483 e. The SMILES string of the molecule is CC(C)C(OC(=O)c1ccc(OC(C)(C)c2ccccc2)cc1)C(F)(F)C(=O)O. The van der Waals surface area contributed by atoms with E-state index in [1.807, 2.05) is 44.2 Å². The third kappa shape index (κ3) is 5.31. The average molecular weight is 406 g/mol. The molecule has 1 atom stereocenters. The maximum Gasteiger partial charge on any atom is 0.378 e. The maximum atomic E-state index is 13.9. The van der Waals surface area contributed by atoms with Crippen LogP contribution in [0, 0.1) is 5.92 Å². The summed E-state index contributed by atoms with van der Waals surface area (Å²) in [5.74, 6) is -7.97. The van der Waals surface area contributed by atoms with Crippen molar-refractivity contribution in [2.45, 2.75) is 45.3 Å². The molecule has 156 valence electrons. The number of hydrogen-bond acceptors (Lipinski definition) is 4. The highest BCUT2D eigenvalue weighted by atomic mass is 19.3. The Morgan fingerprint density at radius 1 is 0.966 bits per heavy atom. The Bertz CT molecular complexity index is 845. The van der Waals surface area contributed by atoms with Gasteiger partial charge in [-0.15, -0.1) is 0 Å². The number of carboxylic acids is 1. The highest BCUT2D eigenvalue weighted by molar-refractivity contribution is 5.90. The third-order valence-corrected chi connectivity index (χ3v) is 4.41. The van der Waals surface area contributed by atoms with Crippen LogP contribution in [0.5, 0.6) is 5.75 Å². The fourth-order valence-corrected chi connectivity index (χ4v) is 2.79. The van der Waals surface area contributed by atoms with Gasteiger partial charge in [0.1, 0.15) is 11.4 Å². The monoisotopic (exact) mass is 406 g/mol. The van der Waals surface area contributed by atoms with Crippen LogP contribution in [-0.2, 0) is 15.1 Å². The van der Waals surface area contributed by atoms with Crippen molar-refractivity contribution in [3.05, 3.63) is 65.7 Å². The molecule has 1 N–H and O–H groups in total. The topological polar surface area (TPSA) is 72.8 Å². The summed E-state index contributed by atoms with van der Waals surface area (Å²) in [6.07, 6.45) is -2.08. The van der Waals surface area contributed by atoms with E-state index >= 15 is 0 Å². The van der Waals surface area contributed by atoms with Gasteiger partial charge < -0.3 is 14.6 Å². The summed E-state index contributed by atoms with van der Waals surface area (Å²) in [4.78, 5) is 23.1. The first kappa shape index (κ1) is 22.3. The van der Waals surface area contributed by atoms with Crippen LogP contribution in [0.3, 0.4) is 0 Å². The lowest BCUT2D eigenvalue weighted by molar-refractivity contribution is -0.187. The van der Waals surface area contributed by atoms with Crippen molar-refractivity contribution in [2.24, 2.45) is 5.92 Å². The predicted molar refractivity (Wildman–Crippen MR) is 103 cm³/mol. The van der Waals surface area contributed by atoms with Crippen molar-refractivity contribution >= 4 is 11.9 Å². The van der Waals surface area contributed by atoms with E-state index in [9.17, 15) is 18.4 Å². The van der Waals surface area contributed by atoms with Crippen molar-refractivity contribution in [1.82, 2.24) is 0 Å². The van der Waals surface area contributed by atoms with Crippen LogP contribution in [0.2, 0.25) is 0 Å². The number of carbonyl (C=O) groups is 2. The number of halogens is 2. The zero-order chi connectivity index (χ0) is 21.8. The van der Waals surface area contributed by atoms with Crippen LogP contribution in [-0.4, -0.2) is 29.1 Å². The predicted octanol–water partition coefficient (Wildman–Crippen LogP) is 4.90. The summed E-state index contributed by atoms with van der Waals surface area (Å²) in [6.45, 7) is 6.51. The van der Waals surface area contributed by atoms with E-state index in [2.05, 4.69) is 0 Å². The third-order valence-electron chi connectivity index (χ3n) is 4.41. The van der Waals surface area contributed by atoms with Crippen molar-refractivity contribution in [3.8, 4) is 5.75 Å². The first-order valence-electron chi connectivity index (χ1n) is 9.12. The Kier molecular flexibility index (Phi) is 6.62. The van der Waals surface area contributed by atoms with E-state index in [-0.39, 0.29) is 5.56 Å². The normalized spacial score (nSPS) is 13.1. The Labute approximate surface area is 168 Å². The minimum Gasteiger partial charge on any atom is -0.483 e. The van der Waals surface area contributed by atoms with Crippen molar-refractivity contribution < 1.29 is 33.0 Å². The number of carboxylic acid groups (broad SMARTS) is 1. The molecule has 29 heavy (non-hydrogen) atoms. The van der Waals surface area contributed by atoms with E-state index in [0.717, 1.165) is 5.56 Å². The maximum absolute atomic E-state index is 13.9. The fourth-order valence-electron chi connectivity index (χ4n) is 2.79. The van der Waals surface area contributed by atoms with Gasteiger partial charge in [-0.2, -0.15) is 8.78 Å². The standard InChI is InChI=1S/C22H24F2O5/c1-14(2)18(22(23,24)20(26)27)28-19(25)15-10-12-17(13-11-15)29-21(3,4)16-8-6-5-7-9-16/h5-14,18H,1-4H3,(H,26,27). The number of ether oxygens (including phenoxy) is 2. The van der Waals surface area contributed by atoms with E-state index in [1.165, 1.54) is 38.1 Å². The zero-order valence-electron chi connectivity index (χ0n) is 16.7. The van der Waals surface area contributed by atoms with Crippen LogP contribution >= 0.6 is 0 Å². The van der Waals surface area contributed by atoms with Crippen LogP contribution in [0.4, 0.5) is 8.78 Å². The highest BCUT2D eigenvalue weighted by Gasteiger charge is 2.51. The quantitative estimate of drug-likeness (QED) is 0.631. The summed E-state index contributed by atoms with van der Waals surface area (Å²) in [5, 5.41) is 8.72. The lowest BCUT2D eigenvalue weighted by atomic mass is 9.98. The number of alkyl halides is 2. The molecule has 2 aromatic rings. The van der Waals surface area contributed by atoms with Gasteiger partial charge in [-0.25, -0.2) is 9.59 Å². The number of benzene rings is 2. The van der Waals surface area contributed by atoms with E-state index in [1.54, 1.807) is 0 Å². The molecule has 0 spiro atoms. The molecule has 2 rings (SSSR count). The van der Waals surface area contributed by atoms with Crippen molar-refractivity contribution in [3.63, 3.8) is 0 Å². The average Bonchev–Trinajstić information content (AvgIpc) is 2.66. The lowest BCUT2D eigenvalue weighted by Crippen LogP contribution is -2.47. The summed E-state index contributed by atoms with van der Waals surface area (Å²) in [6, 6.07) is 15.4. The van der Waals surface area contributed by atoms with E-state index < -0.39 is 35.5 Å². The molecule has 2 aromatic carbocycles. The van der Waals surface area contributed by atoms with Crippen LogP contribution in [0.15, 0.2) is 54.6 Å². The van der Waals surface area contributed by atoms with Gasteiger partial charge in [-0.3, -0.25) is 0 Å². The molecule has 5 nitrogen and oxygen atoms in total. The summed E-state index contributed by atoms with van der Waals surface area (Å²) >= 11 is 0. The van der Waals surface area contributed by atoms with Gasteiger partial charge >= 0.3 is 17.9 Å². The second-order valence-electron chi connectivity index (χ2n) is 7.50. The first-order valence-corrected chi connectivity index (χ1v) is 9.12. The number of rotatable bonds is 8. The lowest BCUT2D eigenvalue weighted by Gasteiger charge is -2.27. The molecular weight excluding hydrogens is 382 g/mol. The molecule has 0 aromatic heterocycles. The molecule has 0 aliphatic rings. The van der Waals surface area contributed by atoms with Gasteiger partial charge in [-0.05, 0) is 49.6 Å². The fraction of sp³-hybridized carbons (Fsp3) is 0.364. The van der Waals surface area contributed by atoms with Gasteiger partial charge in [0.05, 0.1) is 5.56 Å². The minimum absolute atomic E-state index is 0.0155. The second kappa shape index (κ2) is 8.59.